The van der Waals surface area contributed by atoms with Crippen molar-refractivity contribution in [2.75, 3.05) is 0 Å². The van der Waals surface area contributed by atoms with Crippen molar-refractivity contribution in [3.63, 3.8) is 0 Å². The minimum Gasteiger partial charge on any atom is -0.310 e. The van der Waals surface area contributed by atoms with Gasteiger partial charge in [0.05, 0.1) is 78.5 Å². The molecule has 0 spiro atoms. The Balaban J connectivity index is 0.861. The molecule has 7 nitrogen and oxygen atoms in total. The van der Waals surface area contributed by atoms with Crippen molar-refractivity contribution in [1.29, 1.82) is 0 Å². The Morgan fingerprint density at radius 2 is 0.510 bits per heavy atom. The van der Waals surface area contributed by atoms with E-state index in [1.165, 1.54) is 54.2 Å². The van der Waals surface area contributed by atoms with E-state index in [1.54, 1.807) is 0 Å². The molecule has 21 rings (SSSR count). The Hall–Kier alpha value is -13.4. The Bertz CT molecular complexity index is 6570. The van der Waals surface area contributed by atoms with Crippen LogP contribution in [0.4, 0.5) is 5.69 Å². The molecule has 0 fully saturated rings. The molecule has 0 aliphatic heterocycles. The first kappa shape index (κ1) is 55.8. The molecule has 466 valence electrons. The number of aromatic nitrogens is 6. The van der Waals surface area contributed by atoms with Crippen molar-refractivity contribution in [2.24, 2.45) is 0 Å². The Labute approximate surface area is 574 Å². The lowest BCUT2D eigenvalue weighted by Crippen LogP contribution is -2.03. The summed E-state index contributed by atoms with van der Waals surface area (Å²) >= 11 is 0. The van der Waals surface area contributed by atoms with E-state index in [0.717, 1.165) is 144 Å². The maximum Gasteiger partial charge on any atom is 0.197 e. The molecule has 7 heteroatoms. The van der Waals surface area contributed by atoms with Crippen LogP contribution in [0.15, 0.2) is 322 Å². The van der Waals surface area contributed by atoms with Crippen LogP contribution < -0.4 is 0 Å². The summed E-state index contributed by atoms with van der Waals surface area (Å²) in [6.45, 7) is 13.7. The normalized spacial score (nSPS) is 12.1. The zero-order chi connectivity index (χ0) is 66.0. The van der Waals surface area contributed by atoms with Crippen LogP contribution in [0.1, 0.15) is 11.1 Å². The van der Waals surface area contributed by atoms with Gasteiger partial charge in [-0.25, -0.2) is 4.85 Å². The summed E-state index contributed by atoms with van der Waals surface area (Å²) in [6.07, 6.45) is 0. The maximum absolute atomic E-state index is 9.36. The van der Waals surface area contributed by atoms with E-state index in [9.17, 15) is 6.57 Å². The summed E-state index contributed by atoms with van der Waals surface area (Å²) in [6, 6.07) is 118. The van der Waals surface area contributed by atoms with Crippen LogP contribution in [0, 0.1) is 20.4 Å². The van der Waals surface area contributed by atoms with Crippen molar-refractivity contribution < 1.29 is 0 Å². The van der Waals surface area contributed by atoms with E-state index in [2.05, 4.69) is 362 Å². The molecule has 0 amide bonds. The number of benzene rings is 15. The number of nitrogens with zero attached hydrogens (tertiary/aromatic N) is 7. The van der Waals surface area contributed by atoms with E-state index < -0.39 is 0 Å². The highest BCUT2D eigenvalue weighted by Crippen LogP contribution is 2.49. The molecule has 6 aromatic heterocycles. The number of aryl methyl sites for hydroxylation is 2. The largest absolute Gasteiger partial charge is 0.310 e. The lowest BCUT2D eigenvalue weighted by Gasteiger charge is -2.21. The molecule has 0 saturated carbocycles. The van der Waals surface area contributed by atoms with Crippen molar-refractivity contribution in [1.82, 2.24) is 27.4 Å². The van der Waals surface area contributed by atoms with Gasteiger partial charge in [-0.2, -0.15) is 0 Å². The highest BCUT2D eigenvalue weighted by Gasteiger charge is 2.27. The van der Waals surface area contributed by atoms with Crippen molar-refractivity contribution in [2.45, 2.75) is 13.8 Å². The fourth-order valence-corrected chi connectivity index (χ4v) is 17.2. The SMILES string of the molecule is [C-]#[N+]c1cccc(-n2c3ccc(-n4c5ccccc5c5ccccc54)cc3c3cc(-n4c5ccccc5c5ccccc54)ccc32)c1-c1cc(-c2cc(C)cc(C)c2)ccc1-n1c2ccc(-n3c4ccccc4c4ccccc43)cc2c2cc(-n3c4ccccc4c4ccccc43)ccc21. The number of hydrogen-bond donors (Lipinski definition) is 0. The zero-order valence-corrected chi connectivity index (χ0v) is 54.7. The van der Waals surface area contributed by atoms with E-state index >= 15 is 0 Å². The second-order valence-corrected chi connectivity index (χ2v) is 26.8. The predicted molar refractivity (Wildman–Crippen MR) is 419 cm³/mol. The minimum absolute atomic E-state index is 0.554. The van der Waals surface area contributed by atoms with Gasteiger partial charge >= 0.3 is 0 Å². The third-order valence-electron chi connectivity index (χ3n) is 21.3. The molecule has 0 aliphatic carbocycles. The fourth-order valence-electron chi connectivity index (χ4n) is 17.2. The predicted octanol–water partition coefficient (Wildman–Crippen LogP) is 24.8. The molecular weight excluding hydrogens is 1220 g/mol. The first-order valence-corrected chi connectivity index (χ1v) is 34.3. The van der Waals surface area contributed by atoms with Gasteiger partial charge in [0.2, 0.25) is 0 Å². The number of rotatable bonds is 8. The number of hydrogen-bond acceptors (Lipinski definition) is 0. The summed E-state index contributed by atoms with van der Waals surface area (Å²) in [5, 5.41) is 14.1. The summed E-state index contributed by atoms with van der Waals surface area (Å²) in [5.74, 6) is 0. The Morgan fingerprint density at radius 3 is 0.820 bits per heavy atom. The third kappa shape index (κ3) is 8.01. The molecule has 6 heterocycles. The quantitative estimate of drug-likeness (QED) is 0.136. The highest BCUT2D eigenvalue weighted by atomic mass is 15.0. The van der Waals surface area contributed by atoms with Gasteiger partial charge < -0.3 is 27.4 Å². The highest BCUT2D eigenvalue weighted by molar-refractivity contribution is 6.18. The van der Waals surface area contributed by atoms with E-state index in [1.807, 2.05) is 6.07 Å². The molecule has 0 atom stereocenters. The summed E-state index contributed by atoms with van der Waals surface area (Å²) in [5.41, 5.74) is 26.4. The Kier molecular flexibility index (Phi) is 11.9. The van der Waals surface area contributed by atoms with Gasteiger partial charge in [0.1, 0.15) is 0 Å². The van der Waals surface area contributed by atoms with E-state index in [4.69, 9.17) is 0 Å². The van der Waals surface area contributed by atoms with Crippen LogP contribution in [-0.2, 0) is 0 Å². The van der Waals surface area contributed by atoms with Gasteiger partial charge in [-0.05, 0) is 170 Å². The third-order valence-corrected chi connectivity index (χ3v) is 21.3. The molecular formula is C93H59N7. The molecule has 0 saturated heterocycles. The van der Waals surface area contributed by atoms with Gasteiger partial charge in [-0.1, -0.05) is 193 Å². The average molecular weight is 1270 g/mol. The molecule has 0 bridgehead atoms. The lowest BCUT2D eigenvalue weighted by atomic mass is 9.93. The fraction of sp³-hybridized carbons (Fsp3) is 0.0215. The lowest BCUT2D eigenvalue weighted by molar-refractivity contribution is 1.15. The smallest absolute Gasteiger partial charge is 0.197 e. The maximum atomic E-state index is 9.36. The van der Waals surface area contributed by atoms with Gasteiger partial charge in [-0.15, -0.1) is 0 Å². The van der Waals surface area contributed by atoms with Gasteiger partial charge in [0.25, 0.3) is 0 Å². The van der Waals surface area contributed by atoms with Gasteiger partial charge in [-0.3, -0.25) is 0 Å². The topological polar surface area (TPSA) is 33.9 Å². The molecule has 15 aromatic carbocycles. The number of fused-ring (bicyclic) bond motifs is 18. The van der Waals surface area contributed by atoms with Crippen LogP contribution in [0.2, 0.25) is 0 Å². The van der Waals surface area contributed by atoms with E-state index in [0.29, 0.717) is 5.69 Å². The van der Waals surface area contributed by atoms with Crippen LogP contribution in [0.3, 0.4) is 0 Å². The molecule has 21 aromatic rings. The van der Waals surface area contributed by atoms with Crippen molar-refractivity contribution in [3.05, 3.63) is 344 Å². The van der Waals surface area contributed by atoms with E-state index in [-0.39, 0.29) is 0 Å². The van der Waals surface area contributed by atoms with Crippen molar-refractivity contribution in [3.8, 4) is 56.4 Å². The Morgan fingerprint density at radius 1 is 0.220 bits per heavy atom. The molecule has 0 aliphatic rings. The monoisotopic (exact) mass is 1270 g/mol. The second kappa shape index (κ2) is 21.3. The summed E-state index contributed by atoms with van der Waals surface area (Å²) < 4.78 is 14.6. The van der Waals surface area contributed by atoms with Gasteiger partial charge in [0, 0.05) is 98.6 Å². The molecule has 0 N–H and O–H groups in total. The van der Waals surface area contributed by atoms with Crippen LogP contribution >= 0.6 is 0 Å². The summed E-state index contributed by atoms with van der Waals surface area (Å²) in [7, 11) is 0. The van der Waals surface area contributed by atoms with Crippen LogP contribution in [-0.4, -0.2) is 27.4 Å². The number of para-hydroxylation sites is 8. The van der Waals surface area contributed by atoms with Crippen LogP contribution in [0.5, 0.6) is 0 Å². The average Bonchev–Trinajstić information content (AvgIpc) is 1.55. The zero-order valence-electron chi connectivity index (χ0n) is 54.7. The first-order valence-electron chi connectivity index (χ1n) is 34.3. The first-order chi connectivity index (χ1) is 49.4. The van der Waals surface area contributed by atoms with Gasteiger partial charge in [0.15, 0.2) is 5.69 Å². The molecule has 100 heavy (non-hydrogen) atoms. The minimum atomic E-state index is 0.554. The molecule has 0 radical (unpaired) electrons. The second-order valence-electron chi connectivity index (χ2n) is 26.8. The van der Waals surface area contributed by atoms with Crippen molar-refractivity contribution >= 4 is 137 Å². The van der Waals surface area contributed by atoms with Crippen LogP contribution in [0.25, 0.3) is 192 Å². The summed E-state index contributed by atoms with van der Waals surface area (Å²) in [4.78, 5) is 4.56. The molecule has 0 unspecified atom stereocenters. The standard InChI is InChI=1S/C93H59N7/c1-57-49-58(2)51-60(50-57)59-39-44-91(99-87-45-40-61(95-79-30-12-4-21-65(79)66-22-5-13-31-80(66)95)53-73(87)74-54-62(41-46-88(74)99)96-81-32-14-6-23-67(81)68-24-7-15-33-82(68)96)77(52-59)93-78(94-3)29-20-38-92(93)100-89-47-42-63(97-83-34-16-8-25-69(83)70-26-9-17-35-84(70)97)55-75(89)76-56-64(43-48-90(76)100)98-85-36-18-10-27-71(85)72-28-11-19-37-86(72)98/h4-56H,1-2H3.